The molecular weight excluding hydrogens is 262 g/mol. The summed E-state index contributed by atoms with van der Waals surface area (Å²) in [6.45, 7) is 6.48. The van der Waals surface area contributed by atoms with Crippen LogP contribution in [-0.2, 0) is 6.42 Å². The Kier molecular flexibility index (Phi) is 4.29. The van der Waals surface area contributed by atoms with Gasteiger partial charge in [0.05, 0.1) is 17.6 Å². The molecule has 0 saturated carbocycles. The van der Waals surface area contributed by atoms with Crippen LogP contribution in [-0.4, -0.2) is 32.8 Å². The molecule has 2 aromatic rings. The van der Waals surface area contributed by atoms with E-state index in [0.717, 1.165) is 36.5 Å². The highest BCUT2D eigenvalue weighted by Crippen LogP contribution is 2.24. The minimum atomic E-state index is 0.362. The Balaban J connectivity index is 1.84. The Hall–Kier alpha value is -1.75. The van der Waals surface area contributed by atoms with Gasteiger partial charge < -0.3 is 5.32 Å². The number of rotatable bonds is 4. The molecular formula is C16H23N5. The van der Waals surface area contributed by atoms with E-state index < -0.39 is 0 Å². The van der Waals surface area contributed by atoms with Gasteiger partial charge in [0.15, 0.2) is 0 Å². The molecule has 0 aromatic carbocycles. The molecule has 0 unspecified atom stereocenters. The molecule has 0 bridgehead atoms. The lowest BCUT2D eigenvalue weighted by Crippen LogP contribution is -2.31. The highest BCUT2D eigenvalue weighted by atomic mass is 15.3. The summed E-state index contributed by atoms with van der Waals surface area (Å²) in [5.74, 6) is 0.661. The van der Waals surface area contributed by atoms with Gasteiger partial charge in [-0.3, -0.25) is 14.6 Å². The zero-order chi connectivity index (χ0) is 14.7. The number of hydrogen-bond acceptors (Lipinski definition) is 4. The molecule has 3 rings (SSSR count). The summed E-state index contributed by atoms with van der Waals surface area (Å²) in [7, 11) is 0. The van der Waals surface area contributed by atoms with Gasteiger partial charge in [-0.2, -0.15) is 5.10 Å². The molecule has 5 nitrogen and oxygen atoms in total. The molecule has 0 amide bonds. The normalized spacial score (nSPS) is 19.1. The molecule has 1 aliphatic rings. The molecule has 0 spiro atoms. The smallest absolute Gasteiger partial charge is 0.0948 e. The van der Waals surface area contributed by atoms with Crippen molar-refractivity contribution in [3.8, 4) is 11.3 Å². The van der Waals surface area contributed by atoms with Crippen LogP contribution in [0, 0.1) is 5.92 Å². The average Bonchev–Trinajstić information content (AvgIpc) is 2.99. The van der Waals surface area contributed by atoms with Crippen molar-refractivity contribution < 1.29 is 0 Å². The number of piperidine rings is 1. The Labute approximate surface area is 125 Å². The summed E-state index contributed by atoms with van der Waals surface area (Å²) in [4.78, 5) is 9.13. The SMILES string of the molecule is CC(C)n1cc(-c2nccnc2C[C@@H]2CCCNC2)cn1. The molecule has 1 N–H and O–H groups in total. The minimum Gasteiger partial charge on any atom is -0.316 e. The van der Waals surface area contributed by atoms with Crippen molar-refractivity contribution in [3.63, 3.8) is 0 Å². The summed E-state index contributed by atoms with van der Waals surface area (Å²) in [5.41, 5.74) is 3.14. The van der Waals surface area contributed by atoms with E-state index in [-0.39, 0.29) is 0 Å². The van der Waals surface area contributed by atoms with Crippen LogP contribution in [0.15, 0.2) is 24.8 Å². The third-order valence-corrected chi connectivity index (χ3v) is 4.06. The van der Waals surface area contributed by atoms with E-state index in [1.165, 1.54) is 12.8 Å². The van der Waals surface area contributed by atoms with Crippen LogP contribution in [0.3, 0.4) is 0 Å². The van der Waals surface area contributed by atoms with Gasteiger partial charge in [-0.25, -0.2) is 0 Å². The molecule has 5 heteroatoms. The van der Waals surface area contributed by atoms with Crippen molar-refractivity contribution in [2.75, 3.05) is 13.1 Å². The Bertz CT molecular complexity index is 584. The highest BCUT2D eigenvalue weighted by Gasteiger charge is 2.18. The fraction of sp³-hybridized carbons (Fsp3) is 0.562. The number of aromatic nitrogens is 4. The lowest BCUT2D eigenvalue weighted by molar-refractivity contribution is 0.373. The van der Waals surface area contributed by atoms with E-state index in [0.29, 0.717) is 12.0 Å². The molecule has 1 atom stereocenters. The molecule has 1 aliphatic heterocycles. The van der Waals surface area contributed by atoms with Gasteiger partial charge in [-0.05, 0) is 52.1 Å². The predicted octanol–water partition coefficient (Wildman–Crippen LogP) is 2.46. The van der Waals surface area contributed by atoms with Gasteiger partial charge >= 0.3 is 0 Å². The Morgan fingerprint density at radius 3 is 2.90 bits per heavy atom. The van der Waals surface area contributed by atoms with Crippen LogP contribution >= 0.6 is 0 Å². The number of hydrogen-bond donors (Lipinski definition) is 1. The average molecular weight is 285 g/mol. The summed E-state index contributed by atoms with van der Waals surface area (Å²) in [5, 5.41) is 7.89. The van der Waals surface area contributed by atoms with Gasteiger partial charge in [0.2, 0.25) is 0 Å². The zero-order valence-corrected chi connectivity index (χ0v) is 12.8. The second-order valence-corrected chi connectivity index (χ2v) is 6.07. The molecule has 0 aliphatic carbocycles. The van der Waals surface area contributed by atoms with Crippen LogP contribution < -0.4 is 5.32 Å². The van der Waals surface area contributed by atoms with Crippen molar-refractivity contribution in [3.05, 3.63) is 30.5 Å². The van der Waals surface area contributed by atoms with Crippen molar-refractivity contribution in [1.29, 1.82) is 0 Å². The van der Waals surface area contributed by atoms with Crippen molar-refractivity contribution in [2.45, 2.75) is 39.2 Å². The third kappa shape index (κ3) is 3.29. The molecule has 0 radical (unpaired) electrons. The van der Waals surface area contributed by atoms with Crippen molar-refractivity contribution in [1.82, 2.24) is 25.1 Å². The van der Waals surface area contributed by atoms with Gasteiger partial charge in [0.25, 0.3) is 0 Å². The maximum atomic E-state index is 4.58. The first-order valence-corrected chi connectivity index (χ1v) is 7.79. The second kappa shape index (κ2) is 6.35. The van der Waals surface area contributed by atoms with Crippen LogP contribution in [0.25, 0.3) is 11.3 Å². The molecule has 21 heavy (non-hydrogen) atoms. The summed E-state index contributed by atoms with van der Waals surface area (Å²) < 4.78 is 1.97. The maximum absolute atomic E-state index is 4.58. The number of nitrogens with one attached hydrogen (secondary N) is 1. The lowest BCUT2D eigenvalue weighted by atomic mass is 9.93. The quantitative estimate of drug-likeness (QED) is 0.937. The van der Waals surface area contributed by atoms with Crippen molar-refractivity contribution >= 4 is 0 Å². The fourth-order valence-electron chi connectivity index (χ4n) is 2.87. The lowest BCUT2D eigenvalue weighted by Gasteiger charge is -2.22. The van der Waals surface area contributed by atoms with Gasteiger partial charge in [0.1, 0.15) is 0 Å². The van der Waals surface area contributed by atoms with Gasteiger partial charge in [-0.15, -0.1) is 0 Å². The fourth-order valence-corrected chi connectivity index (χ4v) is 2.87. The largest absolute Gasteiger partial charge is 0.316 e. The van der Waals surface area contributed by atoms with Crippen LogP contribution in [0.4, 0.5) is 0 Å². The first-order chi connectivity index (χ1) is 10.2. The highest BCUT2D eigenvalue weighted by molar-refractivity contribution is 5.59. The zero-order valence-electron chi connectivity index (χ0n) is 12.8. The number of nitrogens with zero attached hydrogens (tertiary/aromatic N) is 4. The molecule has 1 fully saturated rings. The van der Waals surface area contributed by atoms with E-state index >= 15 is 0 Å². The predicted molar refractivity (Wildman–Crippen MR) is 82.9 cm³/mol. The first-order valence-electron chi connectivity index (χ1n) is 7.79. The summed E-state index contributed by atoms with van der Waals surface area (Å²) >= 11 is 0. The van der Waals surface area contributed by atoms with E-state index in [1.807, 2.05) is 10.9 Å². The first kappa shape index (κ1) is 14.2. The maximum Gasteiger partial charge on any atom is 0.0948 e. The van der Waals surface area contributed by atoms with Crippen LogP contribution in [0.5, 0.6) is 0 Å². The Morgan fingerprint density at radius 2 is 2.19 bits per heavy atom. The van der Waals surface area contributed by atoms with E-state index in [4.69, 9.17) is 0 Å². The minimum absolute atomic E-state index is 0.362. The van der Waals surface area contributed by atoms with E-state index in [9.17, 15) is 0 Å². The standard InChI is InChI=1S/C16H23N5/c1-12(2)21-11-14(10-20-21)16-15(18-6-7-19-16)8-13-4-3-5-17-9-13/h6-7,10-13,17H,3-5,8-9H2,1-2H3/t13-/m0/s1. The summed E-state index contributed by atoms with van der Waals surface area (Å²) in [6.07, 6.45) is 11.0. The molecule has 112 valence electrons. The molecule has 2 aromatic heterocycles. The van der Waals surface area contributed by atoms with E-state index in [1.54, 1.807) is 12.4 Å². The van der Waals surface area contributed by atoms with E-state index in [2.05, 4.69) is 40.4 Å². The Morgan fingerprint density at radius 1 is 1.33 bits per heavy atom. The summed E-state index contributed by atoms with van der Waals surface area (Å²) in [6, 6.07) is 0.362. The second-order valence-electron chi connectivity index (χ2n) is 6.07. The third-order valence-electron chi connectivity index (χ3n) is 4.06. The topological polar surface area (TPSA) is 55.6 Å². The molecule has 1 saturated heterocycles. The van der Waals surface area contributed by atoms with Crippen LogP contribution in [0.2, 0.25) is 0 Å². The van der Waals surface area contributed by atoms with Gasteiger partial charge in [-0.1, -0.05) is 0 Å². The van der Waals surface area contributed by atoms with Gasteiger partial charge in [0, 0.05) is 30.2 Å². The van der Waals surface area contributed by atoms with Crippen molar-refractivity contribution in [2.24, 2.45) is 5.92 Å². The monoisotopic (exact) mass is 285 g/mol. The van der Waals surface area contributed by atoms with Crippen LogP contribution in [0.1, 0.15) is 38.4 Å². The molecule has 3 heterocycles.